The van der Waals surface area contributed by atoms with Gasteiger partial charge in [-0.25, -0.2) is 9.97 Å². The minimum absolute atomic E-state index is 0.00442. The summed E-state index contributed by atoms with van der Waals surface area (Å²) in [5.74, 6) is 2.66. The first-order valence-corrected chi connectivity index (χ1v) is 12.5. The molecule has 1 saturated carbocycles. The number of aromatic nitrogens is 2. The van der Waals surface area contributed by atoms with Crippen molar-refractivity contribution in [3.05, 3.63) is 41.2 Å². The van der Waals surface area contributed by atoms with Crippen LogP contribution in [0.1, 0.15) is 64.4 Å². The molecule has 2 fully saturated rings. The summed E-state index contributed by atoms with van der Waals surface area (Å²) in [5.41, 5.74) is 0.0469. The number of ketones is 1. The monoisotopic (exact) mass is 487 g/mol. The van der Waals surface area contributed by atoms with Crippen LogP contribution in [0.25, 0.3) is 0 Å². The van der Waals surface area contributed by atoms with Gasteiger partial charge in [-0.15, -0.1) is 0 Å². The third-order valence-electron chi connectivity index (χ3n) is 6.41. The number of nitrogens with zero attached hydrogens (tertiary/aromatic N) is 3. The van der Waals surface area contributed by atoms with Gasteiger partial charge in [0, 0.05) is 25.3 Å². The molecule has 7 nitrogen and oxygen atoms in total. The molecule has 0 bridgehead atoms. The molecule has 4 rings (SSSR count). The molecule has 1 saturated heterocycles. The second-order valence-corrected chi connectivity index (χ2v) is 10.5. The Morgan fingerprint density at radius 2 is 1.97 bits per heavy atom. The molecule has 2 heterocycles. The number of ether oxygens (including phenoxy) is 2. The summed E-state index contributed by atoms with van der Waals surface area (Å²) in [6.07, 6.45) is 6.53. The van der Waals surface area contributed by atoms with Crippen LogP contribution in [-0.2, 0) is 4.79 Å². The smallest absolute Gasteiger partial charge is 0.238 e. The molecule has 1 N–H and O–H groups in total. The van der Waals surface area contributed by atoms with E-state index in [0.717, 1.165) is 36.6 Å². The normalized spacial score (nSPS) is 19.2. The fourth-order valence-electron chi connectivity index (χ4n) is 4.11. The predicted molar refractivity (Wildman–Crippen MR) is 132 cm³/mol. The van der Waals surface area contributed by atoms with Crippen molar-refractivity contribution < 1.29 is 19.4 Å². The van der Waals surface area contributed by atoms with Gasteiger partial charge in [0.2, 0.25) is 5.88 Å². The lowest BCUT2D eigenvalue weighted by molar-refractivity contribution is -0.120. The van der Waals surface area contributed by atoms with Gasteiger partial charge in [0.25, 0.3) is 0 Å². The molecule has 2 aromatic rings. The van der Waals surface area contributed by atoms with Gasteiger partial charge in [0.15, 0.2) is 5.82 Å². The molecule has 34 heavy (non-hydrogen) atoms. The zero-order valence-electron chi connectivity index (χ0n) is 20.2. The Balaban J connectivity index is 1.31. The van der Waals surface area contributed by atoms with Crippen molar-refractivity contribution in [2.24, 2.45) is 5.92 Å². The zero-order valence-corrected chi connectivity index (χ0v) is 20.9. The number of hydrogen-bond donors (Lipinski definition) is 1. The summed E-state index contributed by atoms with van der Waals surface area (Å²) in [7, 11) is 0. The van der Waals surface area contributed by atoms with Crippen molar-refractivity contribution >= 4 is 23.2 Å². The minimum Gasteiger partial charge on any atom is -0.489 e. The third kappa shape index (κ3) is 6.60. The van der Waals surface area contributed by atoms with Crippen LogP contribution in [0.3, 0.4) is 0 Å². The predicted octanol–water partition coefficient (Wildman–Crippen LogP) is 4.80. The minimum atomic E-state index is -0.988. The summed E-state index contributed by atoms with van der Waals surface area (Å²) in [5, 5.41) is 10.2. The quantitative estimate of drug-likeness (QED) is 0.487. The molecule has 1 aliphatic heterocycles. The lowest BCUT2D eigenvalue weighted by atomic mass is 9.93. The summed E-state index contributed by atoms with van der Waals surface area (Å²) < 4.78 is 11.8. The van der Waals surface area contributed by atoms with E-state index >= 15 is 0 Å². The van der Waals surface area contributed by atoms with Crippen LogP contribution in [0.2, 0.25) is 5.02 Å². The maximum Gasteiger partial charge on any atom is 0.238 e. The standard InChI is InChI=1S/C26H34ClN3O4/c1-17(22(31)11-6-18-4-5-18)19-7-9-20(10-8-19)34-21-12-13-30(14-21)24-23(27)25(29-16-28-24)33-15-26(2,3)32/h7-10,16-18,21,32H,4-6,11-15H2,1-3H3. The summed E-state index contributed by atoms with van der Waals surface area (Å²) >= 11 is 6.50. The number of aliphatic hydroxyl groups is 1. The van der Waals surface area contributed by atoms with Crippen LogP contribution in [0, 0.1) is 5.92 Å². The SMILES string of the molecule is CC(C(=O)CCC1CC1)c1ccc(OC2CCN(c3ncnc(OCC(C)(C)O)c3Cl)C2)cc1. The van der Waals surface area contributed by atoms with Gasteiger partial charge in [-0.05, 0) is 43.9 Å². The third-order valence-corrected chi connectivity index (χ3v) is 6.74. The maximum absolute atomic E-state index is 12.5. The first-order chi connectivity index (χ1) is 16.2. The second-order valence-electron chi connectivity index (χ2n) is 10.1. The largest absolute Gasteiger partial charge is 0.489 e. The van der Waals surface area contributed by atoms with Crippen LogP contribution < -0.4 is 14.4 Å². The Morgan fingerprint density at radius 3 is 2.65 bits per heavy atom. The van der Waals surface area contributed by atoms with Gasteiger partial charge >= 0.3 is 0 Å². The molecule has 2 unspecified atom stereocenters. The lowest BCUT2D eigenvalue weighted by Crippen LogP contribution is -2.29. The van der Waals surface area contributed by atoms with E-state index < -0.39 is 5.60 Å². The van der Waals surface area contributed by atoms with Crippen LogP contribution in [-0.4, -0.2) is 52.3 Å². The number of rotatable bonds is 11. The number of hydrogen-bond acceptors (Lipinski definition) is 7. The van der Waals surface area contributed by atoms with Crippen LogP contribution >= 0.6 is 11.6 Å². The molecule has 1 aromatic heterocycles. The molecule has 1 aromatic carbocycles. The molecule has 2 atom stereocenters. The van der Waals surface area contributed by atoms with E-state index in [1.54, 1.807) is 13.8 Å². The highest BCUT2D eigenvalue weighted by Crippen LogP contribution is 2.35. The highest BCUT2D eigenvalue weighted by molar-refractivity contribution is 6.34. The fraction of sp³-hybridized carbons (Fsp3) is 0.577. The molecule has 8 heteroatoms. The second kappa shape index (κ2) is 10.5. The molecule has 1 aliphatic carbocycles. The average Bonchev–Trinajstić information content (AvgIpc) is 3.53. The molecular formula is C26H34ClN3O4. The van der Waals surface area contributed by atoms with Crippen molar-refractivity contribution in [1.29, 1.82) is 0 Å². The van der Waals surface area contributed by atoms with E-state index in [1.165, 1.54) is 19.2 Å². The summed E-state index contributed by atoms with van der Waals surface area (Å²) in [4.78, 5) is 23.0. The van der Waals surface area contributed by atoms with Crippen molar-refractivity contribution in [1.82, 2.24) is 9.97 Å². The van der Waals surface area contributed by atoms with Crippen molar-refractivity contribution in [2.75, 3.05) is 24.6 Å². The van der Waals surface area contributed by atoms with E-state index in [-0.39, 0.29) is 24.5 Å². The Bertz CT molecular complexity index is 989. The van der Waals surface area contributed by atoms with E-state index in [4.69, 9.17) is 21.1 Å². The van der Waals surface area contributed by atoms with Gasteiger partial charge in [-0.1, -0.05) is 43.5 Å². The van der Waals surface area contributed by atoms with E-state index in [2.05, 4.69) is 14.9 Å². The highest BCUT2D eigenvalue weighted by Gasteiger charge is 2.28. The van der Waals surface area contributed by atoms with Gasteiger partial charge in [0.05, 0.1) is 12.1 Å². The Morgan fingerprint density at radius 1 is 1.24 bits per heavy atom. The highest BCUT2D eigenvalue weighted by atomic mass is 35.5. The van der Waals surface area contributed by atoms with Crippen molar-refractivity contribution in [3.8, 4) is 11.6 Å². The number of carbonyl (C=O) groups excluding carboxylic acids is 1. The van der Waals surface area contributed by atoms with E-state index in [9.17, 15) is 9.90 Å². The first kappa shape index (κ1) is 24.7. The van der Waals surface area contributed by atoms with E-state index in [1.807, 2.05) is 31.2 Å². The Kier molecular flexibility index (Phi) is 7.63. The molecular weight excluding hydrogens is 454 g/mol. The van der Waals surface area contributed by atoms with Gasteiger partial charge < -0.3 is 19.5 Å². The van der Waals surface area contributed by atoms with Crippen LogP contribution in [0.5, 0.6) is 11.6 Å². The molecule has 184 valence electrons. The number of carbonyl (C=O) groups is 1. The Labute approximate surface area is 206 Å². The molecule has 2 aliphatic rings. The average molecular weight is 488 g/mol. The van der Waals surface area contributed by atoms with Gasteiger partial charge in [-0.2, -0.15) is 0 Å². The van der Waals surface area contributed by atoms with Gasteiger partial charge in [-0.3, -0.25) is 4.79 Å². The first-order valence-electron chi connectivity index (χ1n) is 12.1. The summed E-state index contributed by atoms with van der Waals surface area (Å²) in [6, 6.07) is 7.89. The number of anilines is 1. The van der Waals surface area contributed by atoms with Crippen molar-refractivity contribution in [3.63, 3.8) is 0 Å². The van der Waals surface area contributed by atoms with Crippen LogP contribution in [0.4, 0.5) is 5.82 Å². The summed E-state index contributed by atoms with van der Waals surface area (Å²) in [6.45, 7) is 6.77. The molecule has 0 spiro atoms. The zero-order chi connectivity index (χ0) is 24.3. The van der Waals surface area contributed by atoms with Gasteiger partial charge in [0.1, 0.15) is 35.6 Å². The number of halogens is 1. The topological polar surface area (TPSA) is 84.8 Å². The number of Topliss-reactive ketones (excluding diaryl/α,β-unsaturated/α-hetero) is 1. The fourth-order valence-corrected chi connectivity index (χ4v) is 4.38. The van der Waals surface area contributed by atoms with Crippen molar-refractivity contribution in [2.45, 2.75) is 70.5 Å². The maximum atomic E-state index is 12.5. The Hall–Kier alpha value is -2.38. The number of benzene rings is 1. The van der Waals surface area contributed by atoms with E-state index in [0.29, 0.717) is 29.6 Å². The molecule has 0 radical (unpaired) electrons. The van der Waals surface area contributed by atoms with Crippen LogP contribution in [0.15, 0.2) is 30.6 Å². The molecule has 0 amide bonds. The lowest BCUT2D eigenvalue weighted by Gasteiger charge is -2.21.